The van der Waals surface area contributed by atoms with Crippen LogP contribution >= 0.6 is 11.9 Å². The molecule has 0 unspecified atom stereocenters. The molecule has 0 amide bonds. The average Bonchev–Trinajstić information content (AvgIpc) is 2.48. The molecule has 0 bridgehead atoms. The number of rotatable bonds is 6. The summed E-state index contributed by atoms with van der Waals surface area (Å²) in [6.07, 6.45) is 0. The zero-order valence-electron chi connectivity index (χ0n) is 12.1. The summed E-state index contributed by atoms with van der Waals surface area (Å²) in [5.41, 5.74) is 4.81. The highest BCUT2D eigenvalue weighted by Gasteiger charge is 2.01. The molecule has 2 heteroatoms. The summed E-state index contributed by atoms with van der Waals surface area (Å²) in [4.78, 5) is 0. The van der Waals surface area contributed by atoms with E-state index in [0.29, 0.717) is 5.25 Å². The van der Waals surface area contributed by atoms with Gasteiger partial charge in [0.2, 0.25) is 0 Å². The fourth-order valence-corrected chi connectivity index (χ4v) is 2.52. The first-order chi connectivity index (χ1) is 9.66. The van der Waals surface area contributed by atoms with Crippen LogP contribution in [0.4, 0.5) is 0 Å². The second kappa shape index (κ2) is 7.32. The van der Waals surface area contributed by atoms with E-state index < -0.39 is 0 Å². The number of benzene rings is 2. The third kappa shape index (κ3) is 4.26. The molecule has 2 aromatic rings. The number of hydrogen-bond donors (Lipinski definition) is 1. The zero-order valence-corrected chi connectivity index (χ0v) is 12.9. The molecule has 2 aromatic carbocycles. The van der Waals surface area contributed by atoms with E-state index in [2.05, 4.69) is 73.7 Å². The molecule has 0 saturated heterocycles. The Hall–Kier alpha value is -1.51. The van der Waals surface area contributed by atoms with Crippen molar-refractivity contribution >= 4 is 17.5 Å². The van der Waals surface area contributed by atoms with Gasteiger partial charge in [0, 0.05) is 11.8 Å². The van der Waals surface area contributed by atoms with Gasteiger partial charge in [-0.3, -0.25) is 4.72 Å². The van der Waals surface area contributed by atoms with E-state index in [0.717, 1.165) is 12.1 Å². The minimum absolute atomic E-state index is 0.586. The van der Waals surface area contributed by atoms with Gasteiger partial charge in [0.05, 0.1) is 0 Å². The van der Waals surface area contributed by atoms with Crippen LogP contribution in [-0.2, 0) is 0 Å². The van der Waals surface area contributed by atoms with Crippen molar-refractivity contribution in [1.82, 2.24) is 4.72 Å². The van der Waals surface area contributed by atoms with Crippen molar-refractivity contribution in [3.63, 3.8) is 0 Å². The van der Waals surface area contributed by atoms with Crippen LogP contribution in [-0.4, -0.2) is 11.8 Å². The van der Waals surface area contributed by atoms with Gasteiger partial charge >= 0.3 is 0 Å². The molecule has 0 aliphatic heterocycles. The molecule has 0 atom stereocenters. The number of hydrogen-bond acceptors (Lipinski definition) is 2. The quantitative estimate of drug-likeness (QED) is 0.748. The van der Waals surface area contributed by atoms with Crippen LogP contribution in [0.2, 0.25) is 0 Å². The van der Waals surface area contributed by atoms with Crippen molar-refractivity contribution in [2.24, 2.45) is 0 Å². The molecule has 1 nitrogen and oxygen atoms in total. The molecular weight excluding hydrogens is 262 g/mol. The van der Waals surface area contributed by atoms with Crippen LogP contribution in [0, 0.1) is 0 Å². The molecule has 0 heterocycles. The topological polar surface area (TPSA) is 12.0 Å². The molecule has 0 radical (unpaired) electrons. The summed E-state index contributed by atoms with van der Waals surface area (Å²) in [6.45, 7) is 9.31. The highest BCUT2D eigenvalue weighted by Crippen LogP contribution is 2.21. The Morgan fingerprint density at radius 2 is 1.60 bits per heavy atom. The van der Waals surface area contributed by atoms with Crippen LogP contribution in [0.3, 0.4) is 0 Å². The standard InChI is InChI=1S/C18H21NS/c1-14(2)20-19-13-15(3)16-9-11-18(12-10-16)17-7-5-4-6-8-17/h4-12,14,19H,3,13H2,1-2H3. The van der Waals surface area contributed by atoms with Crippen molar-refractivity contribution in [3.8, 4) is 11.1 Å². The maximum absolute atomic E-state index is 4.15. The maximum Gasteiger partial charge on any atom is 0.0310 e. The van der Waals surface area contributed by atoms with Gasteiger partial charge in [0.25, 0.3) is 0 Å². The molecule has 0 aromatic heterocycles. The molecule has 104 valence electrons. The molecule has 20 heavy (non-hydrogen) atoms. The first-order valence-corrected chi connectivity index (χ1v) is 7.77. The third-order valence-electron chi connectivity index (χ3n) is 3.00. The van der Waals surface area contributed by atoms with Gasteiger partial charge < -0.3 is 0 Å². The SMILES string of the molecule is C=C(CNSC(C)C)c1ccc(-c2ccccc2)cc1. The van der Waals surface area contributed by atoms with Gasteiger partial charge in [0.1, 0.15) is 0 Å². The molecule has 0 aliphatic rings. The van der Waals surface area contributed by atoms with Crippen molar-refractivity contribution < 1.29 is 0 Å². The number of nitrogens with one attached hydrogen (secondary N) is 1. The Bertz CT molecular complexity index is 543. The minimum Gasteiger partial charge on any atom is -0.259 e. The summed E-state index contributed by atoms with van der Waals surface area (Å²) < 4.78 is 3.35. The van der Waals surface area contributed by atoms with Crippen molar-refractivity contribution in [1.29, 1.82) is 0 Å². The van der Waals surface area contributed by atoms with Gasteiger partial charge in [-0.25, -0.2) is 0 Å². The second-order valence-electron chi connectivity index (χ2n) is 5.03. The fraction of sp³-hybridized carbons (Fsp3) is 0.222. The van der Waals surface area contributed by atoms with Crippen molar-refractivity contribution in [2.75, 3.05) is 6.54 Å². The van der Waals surface area contributed by atoms with Gasteiger partial charge in [-0.2, -0.15) is 0 Å². The zero-order chi connectivity index (χ0) is 14.4. The molecule has 2 rings (SSSR count). The lowest BCUT2D eigenvalue weighted by Gasteiger charge is -2.10. The van der Waals surface area contributed by atoms with Crippen molar-refractivity contribution in [2.45, 2.75) is 19.1 Å². The summed E-state index contributed by atoms with van der Waals surface area (Å²) >= 11 is 1.74. The van der Waals surface area contributed by atoms with Gasteiger partial charge in [-0.1, -0.05) is 87.0 Å². The molecule has 0 fully saturated rings. The molecule has 0 aliphatic carbocycles. The predicted molar refractivity (Wildman–Crippen MR) is 91.6 cm³/mol. The van der Waals surface area contributed by atoms with Crippen molar-refractivity contribution in [3.05, 3.63) is 66.7 Å². The summed E-state index contributed by atoms with van der Waals surface area (Å²) in [6, 6.07) is 19.0. The smallest absolute Gasteiger partial charge is 0.0310 e. The first kappa shape index (κ1) is 14.9. The van der Waals surface area contributed by atoms with Gasteiger partial charge in [-0.15, -0.1) is 0 Å². The van der Waals surface area contributed by atoms with Crippen LogP contribution < -0.4 is 4.72 Å². The monoisotopic (exact) mass is 283 g/mol. The first-order valence-electron chi connectivity index (χ1n) is 6.89. The van der Waals surface area contributed by atoms with Crippen LogP contribution in [0.15, 0.2) is 61.2 Å². The van der Waals surface area contributed by atoms with E-state index >= 15 is 0 Å². The molecule has 0 spiro atoms. The van der Waals surface area contributed by atoms with Gasteiger partial charge in [0.15, 0.2) is 0 Å². The lowest BCUT2D eigenvalue weighted by Crippen LogP contribution is -2.10. The summed E-state index contributed by atoms with van der Waals surface area (Å²) in [7, 11) is 0. The fourth-order valence-electron chi connectivity index (χ4n) is 1.93. The van der Waals surface area contributed by atoms with E-state index in [9.17, 15) is 0 Å². The van der Waals surface area contributed by atoms with E-state index in [1.54, 1.807) is 11.9 Å². The van der Waals surface area contributed by atoms with E-state index in [-0.39, 0.29) is 0 Å². The minimum atomic E-state index is 0.586. The highest BCUT2D eigenvalue weighted by molar-refractivity contribution is 7.97. The maximum atomic E-state index is 4.15. The van der Waals surface area contributed by atoms with E-state index in [1.165, 1.54) is 16.7 Å². The summed E-state index contributed by atoms with van der Waals surface area (Å²) in [5.74, 6) is 0. The van der Waals surface area contributed by atoms with E-state index in [1.807, 2.05) is 6.07 Å². The van der Waals surface area contributed by atoms with Crippen LogP contribution in [0.1, 0.15) is 19.4 Å². The second-order valence-corrected chi connectivity index (χ2v) is 6.50. The largest absolute Gasteiger partial charge is 0.259 e. The molecule has 0 saturated carbocycles. The Morgan fingerprint density at radius 1 is 1.00 bits per heavy atom. The Kier molecular flexibility index (Phi) is 5.45. The molecule has 1 N–H and O–H groups in total. The highest BCUT2D eigenvalue weighted by atomic mass is 32.2. The van der Waals surface area contributed by atoms with Gasteiger partial charge in [-0.05, 0) is 22.3 Å². The van der Waals surface area contributed by atoms with E-state index in [4.69, 9.17) is 0 Å². The van der Waals surface area contributed by atoms with Crippen LogP contribution in [0.5, 0.6) is 0 Å². The average molecular weight is 283 g/mol. The lowest BCUT2D eigenvalue weighted by molar-refractivity contribution is 1.06. The lowest BCUT2D eigenvalue weighted by atomic mass is 10.0. The Morgan fingerprint density at radius 3 is 2.20 bits per heavy atom. The summed E-state index contributed by atoms with van der Waals surface area (Å²) in [5, 5.41) is 0.586. The Balaban J connectivity index is 1.99. The molecular formula is C18H21NS. The Labute approximate surface area is 126 Å². The van der Waals surface area contributed by atoms with Crippen LogP contribution in [0.25, 0.3) is 16.7 Å². The predicted octanol–water partition coefficient (Wildman–Crippen LogP) is 5.01. The third-order valence-corrected chi connectivity index (χ3v) is 3.79. The normalized spacial score (nSPS) is 10.8.